The Balaban J connectivity index is 2.06. The lowest BCUT2D eigenvalue weighted by Crippen LogP contribution is -2.02. The summed E-state index contributed by atoms with van der Waals surface area (Å²) < 4.78 is 5.65. The zero-order valence-corrected chi connectivity index (χ0v) is 9.89. The number of nitrogens with one attached hydrogen (secondary N) is 1. The molecule has 1 aromatic carbocycles. The van der Waals surface area contributed by atoms with Crippen molar-refractivity contribution >= 4 is 5.82 Å². The third kappa shape index (κ3) is 3.48. The van der Waals surface area contributed by atoms with Gasteiger partial charge in [-0.2, -0.15) is 4.98 Å². The van der Waals surface area contributed by atoms with Crippen molar-refractivity contribution in [3.63, 3.8) is 0 Å². The van der Waals surface area contributed by atoms with Crippen molar-refractivity contribution in [2.75, 3.05) is 11.9 Å². The van der Waals surface area contributed by atoms with Crippen molar-refractivity contribution in [3.8, 4) is 11.6 Å². The maximum atomic E-state index is 5.65. The molecule has 0 radical (unpaired) electrons. The lowest BCUT2D eigenvalue weighted by molar-refractivity contribution is 0.463. The fraction of sp³-hybridized carbons (Fsp3) is 0.214. The number of aromatic nitrogens is 1. The van der Waals surface area contributed by atoms with E-state index >= 15 is 0 Å². The molecule has 0 saturated carbocycles. The molecule has 2 rings (SSSR count). The van der Waals surface area contributed by atoms with Crippen LogP contribution in [0.25, 0.3) is 0 Å². The highest BCUT2D eigenvalue weighted by Crippen LogP contribution is 2.19. The summed E-state index contributed by atoms with van der Waals surface area (Å²) in [7, 11) is 0. The second-order valence-electron chi connectivity index (χ2n) is 3.70. The van der Waals surface area contributed by atoms with Crippen LogP contribution in [0.1, 0.15) is 13.3 Å². The topological polar surface area (TPSA) is 34.1 Å². The lowest BCUT2D eigenvalue weighted by atomic mass is 10.3. The summed E-state index contributed by atoms with van der Waals surface area (Å²) in [6, 6.07) is 15.4. The van der Waals surface area contributed by atoms with Gasteiger partial charge in [0.05, 0.1) is 0 Å². The van der Waals surface area contributed by atoms with Crippen molar-refractivity contribution in [3.05, 3.63) is 48.5 Å². The van der Waals surface area contributed by atoms with Gasteiger partial charge in [-0.05, 0) is 24.6 Å². The van der Waals surface area contributed by atoms with Crippen LogP contribution in [0.2, 0.25) is 0 Å². The van der Waals surface area contributed by atoms with Gasteiger partial charge in [-0.25, -0.2) is 0 Å². The highest BCUT2D eigenvalue weighted by molar-refractivity contribution is 5.38. The Morgan fingerprint density at radius 2 is 1.88 bits per heavy atom. The molecule has 0 saturated heterocycles. The Labute approximate surface area is 101 Å². The first-order valence-corrected chi connectivity index (χ1v) is 5.82. The van der Waals surface area contributed by atoms with Crippen molar-refractivity contribution < 1.29 is 4.74 Å². The summed E-state index contributed by atoms with van der Waals surface area (Å²) in [5.74, 6) is 2.25. The standard InChI is InChI=1S/C14H16N2O/c1-2-11-15-13-9-6-10-14(16-13)17-12-7-4-3-5-8-12/h3-10H,2,11H2,1H3,(H,15,16). The maximum absolute atomic E-state index is 5.65. The van der Waals surface area contributed by atoms with E-state index < -0.39 is 0 Å². The van der Waals surface area contributed by atoms with E-state index in [1.165, 1.54) is 0 Å². The van der Waals surface area contributed by atoms with Gasteiger partial charge in [0.15, 0.2) is 0 Å². The molecule has 0 atom stereocenters. The number of pyridine rings is 1. The third-order valence-corrected chi connectivity index (χ3v) is 2.25. The molecular weight excluding hydrogens is 212 g/mol. The van der Waals surface area contributed by atoms with Gasteiger partial charge in [0.25, 0.3) is 0 Å². The molecule has 1 aromatic heterocycles. The van der Waals surface area contributed by atoms with E-state index in [9.17, 15) is 0 Å². The number of rotatable bonds is 5. The SMILES string of the molecule is CCCNc1cccc(Oc2ccccc2)n1. The van der Waals surface area contributed by atoms with Crippen molar-refractivity contribution in [1.29, 1.82) is 0 Å². The second kappa shape index (κ2) is 5.89. The summed E-state index contributed by atoms with van der Waals surface area (Å²) in [5, 5.41) is 3.23. The number of hydrogen-bond donors (Lipinski definition) is 1. The predicted octanol–water partition coefficient (Wildman–Crippen LogP) is 3.70. The fourth-order valence-corrected chi connectivity index (χ4v) is 1.43. The van der Waals surface area contributed by atoms with Gasteiger partial charge in [-0.15, -0.1) is 0 Å². The number of ether oxygens (including phenoxy) is 1. The molecule has 3 nitrogen and oxygen atoms in total. The fourth-order valence-electron chi connectivity index (χ4n) is 1.43. The van der Waals surface area contributed by atoms with Gasteiger partial charge in [-0.1, -0.05) is 31.2 Å². The largest absolute Gasteiger partial charge is 0.439 e. The van der Waals surface area contributed by atoms with E-state index in [4.69, 9.17) is 4.74 Å². The first-order chi connectivity index (χ1) is 8.38. The quantitative estimate of drug-likeness (QED) is 0.847. The molecule has 1 heterocycles. The first kappa shape index (κ1) is 11.5. The molecule has 0 aliphatic heterocycles. The van der Waals surface area contributed by atoms with Crippen molar-refractivity contribution in [1.82, 2.24) is 4.98 Å². The van der Waals surface area contributed by atoms with Gasteiger partial charge >= 0.3 is 0 Å². The first-order valence-electron chi connectivity index (χ1n) is 5.82. The van der Waals surface area contributed by atoms with Crippen LogP contribution in [0.5, 0.6) is 11.6 Å². The molecule has 0 spiro atoms. The van der Waals surface area contributed by atoms with Crippen LogP contribution in [0.3, 0.4) is 0 Å². The molecule has 0 fully saturated rings. The van der Waals surface area contributed by atoms with Gasteiger partial charge < -0.3 is 10.1 Å². The normalized spacial score (nSPS) is 9.94. The number of hydrogen-bond acceptors (Lipinski definition) is 3. The molecule has 0 unspecified atom stereocenters. The van der Waals surface area contributed by atoms with Crippen molar-refractivity contribution in [2.24, 2.45) is 0 Å². The highest BCUT2D eigenvalue weighted by atomic mass is 16.5. The zero-order valence-electron chi connectivity index (χ0n) is 9.89. The van der Waals surface area contributed by atoms with Crippen LogP contribution in [0, 0.1) is 0 Å². The third-order valence-electron chi connectivity index (χ3n) is 2.25. The van der Waals surface area contributed by atoms with Crippen LogP contribution in [-0.4, -0.2) is 11.5 Å². The smallest absolute Gasteiger partial charge is 0.221 e. The number of benzene rings is 1. The molecule has 17 heavy (non-hydrogen) atoms. The predicted molar refractivity (Wildman–Crippen MR) is 69.5 cm³/mol. The van der Waals surface area contributed by atoms with Crippen LogP contribution in [-0.2, 0) is 0 Å². The Kier molecular flexibility index (Phi) is 3.97. The van der Waals surface area contributed by atoms with Gasteiger partial charge in [0.2, 0.25) is 5.88 Å². The molecular formula is C14H16N2O. The zero-order chi connectivity index (χ0) is 11.9. The summed E-state index contributed by atoms with van der Waals surface area (Å²) in [5.41, 5.74) is 0. The van der Waals surface area contributed by atoms with E-state index in [1.807, 2.05) is 48.5 Å². The van der Waals surface area contributed by atoms with Gasteiger partial charge in [0.1, 0.15) is 11.6 Å². The monoisotopic (exact) mass is 228 g/mol. The summed E-state index contributed by atoms with van der Waals surface area (Å²) in [6.45, 7) is 3.04. The van der Waals surface area contributed by atoms with E-state index in [1.54, 1.807) is 0 Å². The van der Waals surface area contributed by atoms with Gasteiger partial charge in [0, 0.05) is 12.6 Å². The Morgan fingerprint density at radius 1 is 1.06 bits per heavy atom. The van der Waals surface area contributed by atoms with Crippen LogP contribution in [0.15, 0.2) is 48.5 Å². The van der Waals surface area contributed by atoms with Crippen LogP contribution >= 0.6 is 0 Å². The second-order valence-corrected chi connectivity index (χ2v) is 3.70. The minimum Gasteiger partial charge on any atom is -0.439 e. The average Bonchev–Trinajstić information content (AvgIpc) is 2.38. The van der Waals surface area contributed by atoms with Crippen LogP contribution in [0.4, 0.5) is 5.82 Å². The molecule has 88 valence electrons. The van der Waals surface area contributed by atoms with Gasteiger partial charge in [-0.3, -0.25) is 0 Å². The molecule has 0 bridgehead atoms. The van der Waals surface area contributed by atoms with E-state index in [0.717, 1.165) is 24.5 Å². The molecule has 2 aromatic rings. The minimum atomic E-state index is 0.609. The lowest BCUT2D eigenvalue weighted by Gasteiger charge is -2.07. The van der Waals surface area contributed by atoms with E-state index in [2.05, 4.69) is 17.2 Å². The Morgan fingerprint density at radius 3 is 2.65 bits per heavy atom. The summed E-state index contributed by atoms with van der Waals surface area (Å²) in [4.78, 5) is 4.37. The Hall–Kier alpha value is -2.03. The minimum absolute atomic E-state index is 0.609. The molecule has 1 N–H and O–H groups in total. The molecule has 0 amide bonds. The van der Waals surface area contributed by atoms with Crippen molar-refractivity contribution in [2.45, 2.75) is 13.3 Å². The average molecular weight is 228 g/mol. The molecule has 3 heteroatoms. The van der Waals surface area contributed by atoms with Crippen LogP contribution < -0.4 is 10.1 Å². The van der Waals surface area contributed by atoms with E-state index in [-0.39, 0.29) is 0 Å². The van der Waals surface area contributed by atoms with E-state index in [0.29, 0.717) is 5.88 Å². The summed E-state index contributed by atoms with van der Waals surface area (Å²) >= 11 is 0. The highest BCUT2D eigenvalue weighted by Gasteiger charge is 1.99. The summed E-state index contributed by atoms with van der Waals surface area (Å²) in [6.07, 6.45) is 1.07. The molecule has 0 aliphatic carbocycles. The number of anilines is 1. The Bertz CT molecular complexity index is 457. The number of nitrogens with zero attached hydrogens (tertiary/aromatic N) is 1. The number of para-hydroxylation sites is 1. The maximum Gasteiger partial charge on any atom is 0.221 e. The molecule has 0 aliphatic rings.